The topological polar surface area (TPSA) is 110 Å². The average molecular weight is 399 g/mol. The Balaban J connectivity index is 1.76. The van der Waals surface area contributed by atoms with E-state index in [1.807, 2.05) is 18.5 Å². The molecule has 0 aromatic carbocycles. The molecule has 2 amide bonds. The second-order valence-corrected chi connectivity index (χ2v) is 9.90. The Morgan fingerprint density at radius 2 is 1.96 bits per heavy atom. The van der Waals surface area contributed by atoms with Gasteiger partial charge in [0.05, 0.1) is 23.6 Å². The van der Waals surface area contributed by atoms with Gasteiger partial charge in [-0.1, -0.05) is 13.8 Å². The maximum Gasteiger partial charge on any atom is 0.224 e. The van der Waals surface area contributed by atoms with E-state index in [9.17, 15) is 18.0 Å². The molecule has 1 atom stereocenters. The molecule has 0 radical (unpaired) electrons. The van der Waals surface area contributed by atoms with Crippen LogP contribution in [-0.4, -0.2) is 54.1 Å². The first-order valence-corrected chi connectivity index (χ1v) is 11.2. The number of carbonyl (C=O) groups is 2. The zero-order valence-corrected chi connectivity index (χ0v) is 17.4. The minimum Gasteiger partial charge on any atom is -0.355 e. The first-order valence-electron chi connectivity index (χ1n) is 9.36. The van der Waals surface area contributed by atoms with E-state index in [4.69, 9.17) is 0 Å². The maximum atomic E-state index is 12.2. The minimum absolute atomic E-state index is 0.00399. The predicted molar refractivity (Wildman–Crippen MR) is 103 cm³/mol. The average Bonchev–Trinajstić information content (AvgIpc) is 3.00. The number of amides is 2. The van der Waals surface area contributed by atoms with E-state index in [1.54, 1.807) is 0 Å². The molecule has 0 aliphatic carbocycles. The van der Waals surface area contributed by atoms with Crippen molar-refractivity contribution in [1.29, 1.82) is 0 Å². The number of carbonyl (C=O) groups excluding carboxylic acids is 2. The van der Waals surface area contributed by atoms with Gasteiger partial charge in [0.1, 0.15) is 0 Å². The van der Waals surface area contributed by atoms with Gasteiger partial charge in [-0.05, 0) is 26.2 Å². The molecular formula is C18H30N4O4S. The van der Waals surface area contributed by atoms with Gasteiger partial charge in [0.2, 0.25) is 11.8 Å². The Kier molecular flexibility index (Phi) is 7.02. The number of nitrogens with one attached hydrogen (secondary N) is 2. The highest BCUT2D eigenvalue weighted by Gasteiger charge is 2.28. The zero-order valence-electron chi connectivity index (χ0n) is 16.5. The smallest absolute Gasteiger partial charge is 0.224 e. The lowest BCUT2D eigenvalue weighted by Gasteiger charge is -2.11. The number of aromatic nitrogens is 2. The van der Waals surface area contributed by atoms with Crippen molar-refractivity contribution in [3.63, 3.8) is 0 Å². The summed E-state index contributed by atoms with van der Waals surface area (Å²) >= 11 is 0. The van der Waals surface area contributed by atoms with Gasteiger partial charge < -0.3 is 10.6 Å². The van der Waals surface area contributed by atoms with Crippen molar-refractivity contribution in [2.24, 2.45) is 5.92 Å². The molecular weight excluding hydrogens is 368 g/mol. The van der Waals surface area contributed by atoms with E-state index >= 15 is 0 Å². The van der Waals surface area contributed by atoms with E-state index in [2.05, 4.69) is 29.6 Å². The first-order chi connectivity index (χ1) is 12.6. The molecule has 2 N–H and O–H groups in total. The normalized spacial score (nSPS) is 18.6. The standard InChI is InChI=1S/C18H30N4O4S/c1-12(2)10-22-14(4)16(13(3)21-22)9-18(24)19-7-5-17(23)20-15-6-8-27(25,26)11-15/h12,15H,5-11H2,1-4H3,(H,19,24)(H,20,23). The first kappa shape index (κ1) is 21.4. The number of hydrogen-bond acceptors (Lipinski definition) is 5. The van der Waals surface area contributed by atoms with Crippen molar-refractivity contribution in [3.05, 3.63) is 17.0 Å². The van der Waals surface area contributed by atoms with Crippen LogP contribution in [0.15, 0.2) is 0 Å². The molecule has 1 aromatic rings. The lowest BCUT2D eigenvalue weighted by Crippen LogP contribution is -2.38. The summed E-state index contributed by atoms with van der Waals surface area (Å²) in [6.07, 6.45) is 0.824. The van der Waals surface area contributed by atoms with Crippen LogP contribution in [0.3, 0.4) is 0 Å². The fourth-order valence-electron chi connectivity index (χ4n) is 3.26. The third kappa shape index (κ3) is 6.34. The van der Waals surface area contributed by atoms with Gasteiger partial charge in [0.15, 0.2) is 9.84 Å². The molecule has 1 fully saturated rings. The number of hydrogen-bond donors (Lipinski definition) is 2. The van der Waals surface area contributed by atoms with Crippen molar-refractivity contribution in [2.45, 2.75) is 59.5 Å². The second kappa shape index (κ2) is 8.86. The molecule has 2 heterocycles. The van der Waals surface area contributed by atoms with E-state index in [-0.39, 0.29) is 48.7 Å². The molecule has 1 unspecified atom stereocenters. The van der Waals surface area contributed by atoms with Crippen molar-refractivity contribution in [1.82, 2.24) is 20.4 Å². The van der Waals surface area contributed by atoms with Gasteiger partial charge >= 0.3 is 0 Å². The Hall–Kier alpha value is -1.90. The Bertz CT molecular complexity index is 799. The second-order valence-electron chi connectivity index (χ2n) is 7.67. The fraction of sp³-hybridized carbons (Fsp3) is 0.722. The van der Waals surface area contributed by atoms with Crippen LogP contribution in [0.25, 0.3) is 0 Å². The molecule has 1 aromatic heterocycles. The van der Waals surface area contributed by atoms with Crippen LogP contribution < -0.4 is 10.6 Å². The van der Waals surface area contributed by atoms with E-state index in [1.165, 1.54) is 0 Å². The van der Waals surface area contributed by atoms with Gasteiger partial charge in [-0.3, -0.25) is 14.3 Å². The molecule has 1 aliphatic rings. The van der Waals surface area contributed by atoms with Crippen molar-refractivity contribution < 1.29 is 18.0 Å². The fourth-order valence-corrected chi connectivity index (χ4v) is 4.93. The summed E-state index contributed by atoms with van der Waals surface area (Å²) in [7, 11) is -3.02. The molecule has 1 saturated heterocycles. The summed E-state index contributed by atoms with van der Waals surface area (Å²) in [6, 6.07) is -0.310. The molecule has 0 bridgehead atoms. The molecule has 9 heteroatoms. The number of aryl methyl sites for hydroxylation is 1. The summed E-state index contributed by atoms with van der Waals surface area (Å²) in [4.78, 5) is 24.1. The van der Waals surface area contributed by atoms with Crippen molar-refractivity contribution in [3.8, 4) is 0 Å². The zero-order chi connectivity index (χ0) is 20.2. The molecule has 2 rings (SSSR count). The summed E-state index contributed by atoms with van der Waals surface area (Å²) < 4.78 is 24.7. The number of rotatable bonds is 8. The molecule has 8 nitrogen and oxygen atoms in total. The molecule has 27 heavy (non-hydrogen) atoms. The van der Waals surface area contributed by atoms with Crippen LogP contribution in [0.1, 0.15) is 43.6 Å². The number of nitrogens with zero attached hydrogens (tertiary/aromatic N) is 2. The Morgan fingerprint density at radius 1 is 1.26 bits per heavy atom. The van der Waals surface area contributed by atoms with Crippen LogP contribution >= 0.6 is 0 Å². The summed E-state index contributed by atoms with van der Waals surface area (Å²) in [5, 5.41) is 9.97. The van der Waals surface area contributed by atoms with Crippen LogP contribution in [0.2, 0.25) is 0 Å². The van der Waals surface area contributed by atoms with Gasteiger partial charge in [0, 0.05) is 36.8 Å². The maximum absolute atomic E-state index is 12.2. The van der Waals surface area contributed by atoms with E-state index in [0.29, 0.717) is 12.3 Å². The summed E-state index contributed by atoms with van der Waals surface area (Å²) in [6.45, 7) is 9.14. The quantitative estimate of drug-likeness (QED) is 0.663. The van der Waals surface area contributed by atoms with Crippen molar-refractivity contribution >= 4 is 21.7 Å². The summed E-state index contributed by atoms with van der Waals surface area (Å²) in [5.41, 5.74) is 2.77. The van der Waals surface area contributed by atoms with E-state index in [0.717, 1.165) is 23.5 Å². The van der Waals surface area contributed by atoms with Gasteiger partial charge in [0.25, 0.3) is 0 Å². The molecule has 1 aliphatic heterocycles. The Morgan fingerprint density at radius 3 is 2.56 bits per heavy atom. The van der Waals surface area contributed by atoms with Crippen molar-refractivity contribution in [2.75, 3.05) is 18.1 Å². The third-order valence-corrected chi connectivity index (χ3v) is 6.45. The molecule has 0 saturated carbocycles. The SMILES string of the molecule is Cc1nn(CC(C)C)c(C)c1CC(=O)NCCC(=O)NC1CCS(=O)(=O)C1. The highest BCUT2D eigenvalue weighted by molar-refractivity contribution is 7.91. The highest BCUT2D eigenvalue weighted by Crippen LogP contribution is 2.15. The third-order valence-electron chi connectivity index (χ3n) is 4.68. The van der Waals surface area contributed by atoms with Gasteiger partial charge in [-0.25, -0.2) is 8.42 Å². The predicted octanol–water partition coefficient (Wildman–Crippen LogP) is 0.508. The van der Waals surface area contributed by atoms with Crippen LogP contribution in [0.4, 0.5) is 0 Å². The highest BCUT2D eigenvalue weighted by atomic mass is 32.2. The largest absolute Gasteiger partial charge is 0.355 e. The Labute approximate surface area is 161 Å². The van der Waals surface area contributed by atoms with Crippen LogP contribution in [0.5, 0.6) is 0 Å². The molecule has 0 spiro atoms. The lowest BCUT2D eigenvalue weighted by atomic mass is 10.1. The monoisotopic (exact) mass is 398 g/mol. The number of sulfone groups is 1. The van der Waals surface area contributed by atoms with Crippen LogP contribution in [-0.2, 0) is 32.4 Å². The van der Waals surface area contributed by atoms with Crippen LogP contribution in [0, 0.1) is 19.8 Å². The van der Waals surface area contributed by atoms with Gasteiger partial charge in [-0.15, -0.1) is 0 Å². The van der Waals surface area contributed by atoms with E-state index < -0.39 is 9.84 Å². The van der Waals surface area contributed by atoms with Gasteiger partial charge in [-0.2, -0.15) is 5.10 Å². The summed E-state index contributed by atoms with van der Waals surface area (Å²) in [5.74, 6) is 0.205. The molecule has 152 valence electrons. The minimum atomic E-state index is -3.02. The lowest BCUT2D eigenvalue weighted by molar-refractivity contribution is -0.122.